The van der Waals surface area contributed by atoms with Gasteiger partial charge in [0.15, 0.2) is 0 Å². The SMILES string of the molecule is C=CCNc1nccn1CC(CN(C)CC)OC. The molecule has 0 spiro atoms. The Morgan fingerprint density at radius 2 is 2.44 bits per heavy atom. The number of aromatic nitrogens is 2. The number of nitrogens with zero attached hydrogens (tertiary/aromatic N) is 3. The molecule has 0 saturated heterocycles. The van der Waals surface area contributed by atoms with E-state index in [4.69, 9.17) is 4.74 Å². The summed E-state index contributed by atoms with van der Waals surface area (Å²) in [5, 5.41) is 3.20. The molecule has 0 aromatic carbocycles. The molecule has 0 aliphatic carbocycles. The average Bonchev–Trinajstić information content (AvgIpc) is 2.82. The quantitative estimate of drug-likeness (QED) is 0.675. The van der Waals surface area contributed by atoms with E-state index >= 15 is 0 Å². The standard InChI is InChI=1S/C13H24N4O/c1-5-7-14-13-15-8-9-17(13)11-12(18-4)10-16(3)6-2/h5,8-9,12H,1,6-7,10-11H2,2-4H3,(H,14,15). The van der Waals surface area contributed by atoms with Crippen LogP contribution < -0.4 is 5.32 Å². The van der Waals surface area contributed by atoms with Crippen molar-refractivity contribution in [2.24, 2.45) is 0 Å². The number of hydrogen-bond acceptors (Lipinski definition) is 4. The second-order valence-electron chi connectivity index (χ2n) is 4.29. The van der Waals surface area contributed by atoms with Gasteiger partial charge in [-0.1, -0.05) is 13.0 Å². The van der Waals surface area contributed by atoms with Gasteiger partial charge in [0.05, 0.1) is 12.6 Å². The molecule has 0 fully saturated rings. The van der Waals surface area contributed by atoms with Crippen LogP contribution in [0.4, 0.5) is 5.95 Å². The van der Waals surface area contributed by atoms with Crippen LogP contribution in [-0.4, -0.2) is 54.3 Å². The van der Waals surface area contributed by atoms with Crippen molar-refractivity contribution >= 4 is 5.95 Å². The fraction of sp³-hybridized carbons (Fsp3) is 0.615. The third-order valence-corrected chi connectivity index (χ3v) is 2.91. The number of imidazole rings is 1. The highest BCUT2D eigenvalue weighted by atomic mass is 16.5. The van der Waals surface area contributed by atoms with Crippen LogP contribution in [0.2, 0.25) is 0 Å². The van der Waals surface area contributed by atoms with Crippen molar-refractivity contribution in [1.82, 2.24) is 14.5 Å². The highest BCUT2D eigenvalue weighted by molar-refractivity contribution is 5.26. The molecule has 0 amide bonds. The first-order valence-corrected chi connectivity index (χ1v) is 6.28. The van der Waals surface area contributed by atoms with Crippen molar-refractivity contribution in [3.8, 4) is 0 Å². The average molecular weight is 252 g/mol. The number of rotatable bonds is 9. The lowest BCUT2D eigenvalue weighted by atomic mass is 10.3. The van der Waals surface area contributed by atoms with Crippen LogP contribution in [0.15, 0.2) is 25.0 Å². The molecule has 102 valence electrons. The van der Waals surface area contributed by atoms with Gasteiger partial charge in [0.1, 0.15) is 0 Å². The van der Waals surface area contributed by atoms with Crippen LogP contribution in [0, 0.1) is 0 Å². The summed E-state index contributed by atoms with van der Waals surface area (Å²) in [4.78, 5) is 6.51. The molecule has 1 unspecified atom stereocenters. The van der Waals surface area contributed by atoms with Gasteiger partial charge in [-0.2, -0.15) is 0 Å². The smallest absolute Gasteiger partial charge is 0.203 e. The summed E-state index contributed by atoms with van der Waals surface area (Å²) in [6, 6.07) is 0. The molecule has 1 N–H and O–H groups in total. The molecule has 1 aromatic rings. The number of anilines is 1. The van der Waals surface area contributed by atoms with Crippen molar-refractivity contribution in [2.75, 3.05) is 39.1 Å². The second-order valence-corrected chi connectivity index (χ2v) is 4.29. The van der Waals surface area contributed by atoms with Crippen molar-refractivity contribution in [3.63, 3.8) is 0 Å². The van der Waals surface area contributed by atoms with Crippen LogP contribution in [0.25, 0.3) is 0 Å². The first kappa shape index (κ1) is 14.7. The van der Waals surface area contributed by atoms with E-state index in [1.54, 1.807) is 13.3 Å². The lowest BCUT2D eigenvalue weighted by Crippen LogP contribution is -2.33. The molecule has 0 saturated carbocycles. The molecular formula is C13H24N4O. The zero-order chi connectivity index (χ0) is 13.4. The molecule has 1 heterocycles. The van der Waals surface area contributed by atoms with Crippen molar-refractivity contribution in [2.45, 2.75) is 19.6 Å². The van der Waals surface area contributed by atoms with Crippen molar-refractivity contribution < 1.29 is 4.74 Å². The molecule has 1 rings (SSSR count). The monoisotopic (exact) mass is 252 g/mol. The van der Waals surface area contributed by atoms with E-state index in [0.29, 0.717) is 6.54 Å². The summed E-state index contributed by atoms with van der Waals surface area (Å²) >= 11 is 0. The summed E-state index contributed by atoms with van der Waals surface area (Å²) in [7, 11) is 3.85. The van der Waals surface area contributed by atoms with Gasteiger partial charge in [-0.05, 0) is 13.6 Å². The molecule has 0 aliphatic heterocycles. The van der Waals surface area contributed by atoms with Gasteiger partial charge < -0.3 is 19.5 Å². The highest BCUT2D eigenvalue weighted by Crippen LogP contribution is 2.07. The Morgan fingerprint density at radius 3 is 3.06 bits per heavy atom. The fourth-order valence-corrected chi connectivity index (χ4v) is 1.69. The Labute approximate surface area is 109 Å². The minimum atomic E-state index is 0.161. The molecular weight excluding hydrogens is 228 g/mol. The maximum atomic E-state index is 5.52. The van der Waals surface area contributed by atoms with Crippen molar-refractivity contribution in [1.29, 1.82) is 0 Å². The van der Waals surface area contributed by atoms with Gasteiger partial charge in [0.25, 0.3) is 0 Å². The van der Waals surface area contributed by atoms with Gasteiger partial charge in [-0.15, -0.1) is 6.58 Å². The Morgan fingerprint density at radius 1 is 1.67 bits per heavy atom. The Balaban J connectivity index is 2.58. The van der Waals surface area contributed by atoms with Gasteiger partial charge in [-0.25, -0.2) is 4.98 Å². The van der Waals surface area contributed by atoms with E-state index < -0.39 is 0 Å². The molecule has 0 aliphatic rings. The largest absolute Gasteiger partial charge is 0.378 e. The number of nitrogens with one attached hydrogen (secondary N) is 1. The summed E-state index contributed by atoms with van der Waals surface area (Å²) in [6.45, 7) is 9.26. The maximum absolute atomic E-state index is 5.52. The molecule has 5 nitrogen and oxygen atoms in total. The van der Waals surface area contributed by atoms with E-state index in [-0.39, 0.29) is 6.10 Å². The first-order valence-electron chi connectivity index (χ1n) is 6.28. The predicted octanol–water partition coefficient (Wildman–Crippen LogP) is 1.45. The number of methoxy groups -OCH3 is 1. The van der Waals surface area contributed by atoms with Crippen molar-refractivity contribution in [3.05, 3.63) is 25.0 Å². The molecule has 0 bridgehead atoms. The molecule has 18 heavy (non-hydrogen) atoms. The first-order chi connectivity index (χ1) is 8.71. The van der Waals surface area contributed by atoms with Crippen LogP contribution in [-0.2, 0) is 11.3 Å². The lowest BCUT2D eigenvalue weighted by Gasteiger charge is -2.22. The van der Waals surface area contributed by atoms with E-state index in [0.717, 1.165) is 25.6 Å². The summed E-state index contributed by atoms with van der Waals surface area (Å²) < 4.78 is 7.59. The van der Waals surface area contributed by atoms with Gasteiger partial charge in [-0.3, -0.25) is 0 Å². The van der Waals surface area contributed by atoms with E-state index in [2.05, 4.69) is 40.3 Å². The molecule has 1 atom stereocenters. The lowest BCUT2D eigenvalue weighted by molar-refractivity contribution is 0.0607. The zero-order valence-electron chi connectivity index (χ0n) is 11.6. The number of hydrogen-bond donors (Lipinski definition) is 1. The topological polar surface area (TPSA) is 42.3 Å². The summed E-state index contributed by atoms with van der Waals surface area (Å²) in [5.74, 6) is 0.858. The third-order valence-electron chi connectivity index (χ3n) is 2.91. The maximum Gasteiger partial charge on any atom is 0.203 e. The molecule has 1 aromatic heterocycles. The van der Waals surface area contributed by atoms with Gasteiger partial charge in [0.2, 0.25) is 5.95 Å². The van der Waals surface area contributed by atoms with E-state index in [9.17, 15) is 0 Å². The number of ether oxygens (including phenoxy) is 1. The Bertz CT molecular complexity index is 351. The summed E-state index contributed by atoms with van der Waals surface area (Å²) in [6.07, 6.45) is 5.73. The van der Waals surface area contributed by atoms with E-state index in [1.807, 2.05) is 12.3 Å². The third kappa shape index (κ3) is 4.50. The van der Waals surface area contributed by atoms with Crippen LogP contribution >= 0.6 is 0 Å². The Hall–Kier alpha value is -1.33. The Kier molecular flexibility index (Phi) is 6.46. The van der Waals surface area contributed by atoms with Crippen LogP contribution in [0.3, 0.4) is 0 Å². The molecule has 5 heteroatoms. The minimum Gasteiger partial charge on any atom is -0.378 e. The zero-order valence-corrected chi connectivity index (χ0v) is 11.6. The van der Waals surface area contributed by atoms with Crippen LogP contribution in [0.1, 0.15) is 6.92 Å². The normalized spacial score (nSPS) is 12.7. The minimum absolute atomic E-state index is 0.161. The predicted molar refractivity (Wildman–Crippen MR) is 74.9 cm³/mol. The fourth-order valence-electron chi connectivity index (χ4n) is 1.69. The molecule has 0 radical (unpaired) electrons. The highest BCUT2D eigenvalue weighted by Gasteiger charge is 2.12. The van der Waals surface area contributed by atoms with Crippen LogP contribution in [0.5, 0.6) is 0 Å². The van der Waals surface area contributed by atoms with Gasteiger partial charge in [0, 0.05) is 32.6 Å². The summed E-state index contributed by atoms with van der Waals surface area (Å²) in [5.41, 5.74) is 0. The van der Waals surface area contributed by atoms with Gasteiger partial charge >= 0.3 is 0 Å². The number of likely N-dealkylation sites (N-methyl/N-ethyl adjacent to an activating group) is 1. The second kappa shape index (κ2) is 7.89. The van der Waals surface area contributed by atoms with E-state index in [1.165, 1.54) is 0 Å².